The van der Waals surface area contributed by atoms with Crippen LogP contribution in [0.25, 0.3) is 10.9 Å². The Kier molecular flexibility index (Phi) is 3.75. The first kappa shape index (κ1) is 16.5. The lowest BCUT2D eigenvalue weighted by molar-refractivity contribution is 0.511. The first-order valence-corrected chi connectivity index (χ1v) is 10.2. The van der Waals surface area contributed by atoms with Crippen molar-refractivity contribution in [3.05, 3.63) is 71.6 Å². The molecule has 2 aliphatic rings. The number of hydrogen-bond acceptors (Lipinski definition) is 6. The van der Waals surface area contributed by atoms with Crippen molar-refractivity contribution in [3.63, 3.8) is 0 Å². The zero-order chi connectivity index (χ0) is 19.2. The Bertz CT molecular complexity index is 1200. The smallest absolute Gasteiger partial charge is 0.320 e. The van der Waals surface area contributed by atoms with E-state index in [1.54, 1.807) is 0 Å². The normalized spacial score (nSPS) is 18.0. The van der Waals surface area contributed by atoms with Gasteiger partial charge in [-0.15, -0.1) is 5.10 Å². The minimum atomic E-state index is 0.329. The van der Waals surface area contributed by atoms with E-state index >= 15 is 0 Å². The van der Waals surface area contributed by atoms with Crippen molar-refractivity contribution in [3.8, 4) is 0 Å². The van der Waals surface area contributed by atoms with E-state index in [1.165, 1.54) is 11.1 Å². The van der Waals surface area contributed by atoms with Gasteiger partial charge in [-0.2, -0.15) is 0 Å². The summed E-state index contributed by atoms with van der Waals surface area (Å²) in [5.74, 6) is 2.10. The van der Waals surface area contributed by atoms with E-state index in [-0.39, 0.29) is 0 Å². The monoisotopic (exact) mass is 383 g/mol. The minimum absolute atomic E-state index is 0.329. The average molecular weight is 383 g/mol. The van der Waals surface area contributed by atoms with Gasteiger partial charge in [0, 0.05) is 17.0 Å². The second kappa shape index (κ2) is 6.58. The highest BCUT2D eigenvalue weighted by Gasteiger charge is 2.29. The summed E-state index contributed by atoms with van der Waals surface area (Å²) in [6.07, 6.45) is 4.52. The summed E-state index contributed by atoms with van der Waals surface area (Å²) in [6, 6.07) is 19.6. The number of aryl methyl sites for hydroxylation is 1. The summed E-state index contributed by atoms with van der Waals surface area (Å²) >= 11 is 0. The van der Waals surface area contributed by atoms with Gasteiger partial charge in [-0.25, -0.2) is 4.98 Å². The van der Waals surface area contributed by atoms with Crippen LogP contribution in [0.5, 0.6) is 0 Å². The van der Waals surface area contributed by atoms with E-state index in [2.05, 4.69) is 57.2 Å². The van der Waals surface area contributed by atoms with Crippen LogP contribution in [-0.4, -0.2) is 15.2 Å². The molecule has 2 aliphatic carbocycles. The Morgan fingerprint density at radius 1 is 0.931 bits per heavy atom. The maximum Gasteiger partial charge on any atom is 0.320 e. The van der Waals surface area contributed by atoms with Gasteiger partial charge in [0.1, 0.15) is 5.82 Å². The fourth-order valence-electron chi connectivity index (χ4n) is 4.07. The molecule has 29 heavy (non-hydrogen) atoms. The van der Waals surface area contributed by atoms with Gasteiger partial charge in [-0.05, 0) is 67.1 Å². The molecule has 2 N–H and O–H groups in total. The lowest BCUT2D eigenvalue weighted by atomic mass is 10.1. The van der Waals surface area contributed by atoms with Crippen LogP contribution in [0.4, 0.5) is 17.5 Å². The highest BCUT2D eigenvalue weighted by molar-refractivity contribution is 5.84. The van der Waals surface area contributed by atoms with E-state index in [0.717, 1.165) is 54.0 Å². The number of nitrogens with zero attached hydrogens (tertiary/aromatic N) is 3. The SMILES string of the molecule is c1ccc2c(c1)CC[C@H]2Nc1ccc2cc(Nc3nnc(C4CC4)o3)ccc2n1. The minimum Gasteiger partial charge on any atom is -0.408 e. The lowest BCUT2D eigenvalue weighted by Crippen LogP contribution is -2.08. The van der Waals surface area contributed by atoms with Crippen LogP contribution < -0.4 is 10.6 Å². The van der Waals surface area contributed by atoms with Crippen molar-refractivity contribution >= 4 is 28.4 Å². The molecular weight excluding hydrogens is 362 g/mol. The first-order chi connectivity index (χ1) is 14.3. The van der Waals surface area contributed by atoms with Crippen molar-refractivity contribution in [2.24, 2.45) is 0 Å². The van der Waals surface area contributed by atoms with Crippen molar-refractivity contribution in [1.82, 2.24) is 15.2 Å². The maximum atomic E-state index is 5.69. The van der Waals surface area contributed by atoms with Gasteiger partial charge >= 0.3 is 6.01 Å². The van der Waals surface area contributed by atoms with Crippen LogP contribution in [0.15, 0.2) is 59.0 Å². The Labute approximate surface area is 168 Å². The van der Waals surface area contributed by atoms with Gasteiger partial charge in [0.05, 0.1) is 11.6 Å². The molecule has 2 aromatic heterocycles. The second-order valence-electron chi connectivity index (χ2n) is 7.88. The summed E-state index contributed by atoms with van der Waals surface area (Å²) in [5, 5.41) is 16.1. The van der Waals surface area contributed by atoms with Crippen LogP contribution in [0, 0.1) is 0 Å². The molecule has 144 valence electrons. The van der Waals surface area contributed by atoms with E-state index in [1.807, 2.05) is 18.2 Å². The first-order valence-electron chi connectivity index (χ1n) is 10.2. The van der Waals surface area contributed by atoms with Gasteiger partial charge in [-0.1, -0.05) is 29.4 Å². The van der Waals surface area contributed by atoms with E-state index in [9.17, 15) is 0 Å². The molecule has 0 radical (unpaired) electrons. The topological polar surface area (TPSA) is 75.9 Å². The molecule has 2 aromatic carbocycles. The maximum absolute atomic E-state index is 5.69. The lowest BCUT2D eigenvalue weighted by Gasteiger charge is -2.15. The predicted molar refractivity (Wildman–Crippen MR) is 112 cm³/mol. The third-order valence-electron chi connectivity index (χ3n) is 5.76. The number of nitrogens with one attached hydrogen (secondary N) is 2. The highest BCUT2D eigenvalue weighted by Crippen LogP contribution is 2.39. The number of anilines is 3. The van der Waals surface area contributed by atoms with Crippen LogP contribution in [0.3, 0.4) is 0 Å². The van der Waals surface area contributed by atoms with Crippen molar-refractivity contribution < 1.29 is 4.42 Å². The van der Waals surface area contributed by atoms with E-state index < -0.39 is 0 Å². The Morgan fingerprint density at radius 2 is 1.86 bits per heavy atom. The molecule has 0 spiro atoms. The number of fused-ring (bicyclic) bond motifs is 2. The fraction of sp³-hybridized carbons (Fsp3) is 0.261. The largest absolute Gasteiger partial charge is 0.408 e. The van der Waals surface area contributed by atoms with Crippen LogP contribution in [-0.2, 0) is 6.42 Å². The molecule has 0 unspecified atom stereocenters. The summed E-state index contributed by atoms with van der Waals surface area (Å²) < 4.78 is 5.69. The molecule has 4 aromatic rings. The Morgan fingerprint density at radius 3 is 2.79 bits per heavy atom. The highest BCUT2D eigenvalue weighted by atomic mass is 16.4. The van der Waals surface area contributed by atoms with Crippen LogP contribution in [0.1, 0.15) is 48.2 Å². The molecule has 0 saturated heterocycles. The molecule has 2 heterocycles. The molecule has 0 bridgehead atoms. The summed E-state index contributed by atoms with van der Waals surface area (Å²) in [7, 11) is 0. The molecule has 6 rings (SSSR count). The Balaban J connectivity index is 1.21. The standard InChI is InChI=1S/C23H21N5O/c1-2-4-18-14(3-1)7-10-20(18)26-21-12-8-16-13-17(9-11-19(16)25-21)24-23-28-27-22(29-23)15-5-6-15/h1-4,8-9,11-13,15,20H,5-7,10H2,(H,24,28)(H,25,26)/t20-/m1/s1. The van der Waals surface area contributed by atoms with Crippen LogP contribution >= 0.6 is 0 Å². The fourth-order valence-corrected chi connectivity index (χ4v) is 4.07. The molecule has 1 fully saturated rings. The number of aromatic nitrogens is 3. The van der Waals surface area contributed by atoms with Crippen molar-refractivity contribution in [1.29, 1.82) is 0 Å². The van der Waals surface area contributed by atoms with Crippen molar-refractivity contribution in [2.45, 2.75) is 37.6 Å². The number of rotatable bonds is 5. The zero-order valence-corrected chi connectivity index (χ0v) is 15.9. The van der Waals surface area contributed by atoms with Gasteiger partial charge in [-0.3, -0.25) is 0 Å². The zero-order valence-electron chi connectivity index (χ0n) is 15.9. The van der Waals surface area contributed by atoms with Gasteiger partial charge in [0.25, 0.3) is 0 Å². The van der Waals surface area contributed by atoms with Crippen LogP contribution in [0.2, 0.25) is 0 Å². The second-order valence-corrected chi connectivity index (χ2v) is 7.88. The summed E-state index contributed by atoms with van der Waals surface area (Å²) in [4.78, 5) is 4.81. The van der Waals surface area contributed by atoms with E-state index in [4.69, 9.17) is 9.40 Å². The molecule has 6 nitrogen and oxygen atoms in total. The molecular formula is C23H21N5O. The number of benzene rings is 2. The Hall–Kier alpha value is -3.41. The van der Waals surface area contributed by atoms with Gasteiger partial charge in [0.15, 0.2) is 0 Å². The molecule has 1 atom stereocenters. The molecule has 6 heteroatoms. The quantitative estimate of drug-likeness (QED) is 0.485. The summed E-state index contributed by atoms with van der Waals surface area (Å²) in [5.41, 5.74) is 4.69. The van der Waals surface area contributed by atoms with Gasteiger partial charge < -0.3 is 15.1 Å². The number of hydrogen-bond donors (Lipinski definition) is 2. The van der Waals surface area contributed by atoms with E-state index in [0.29, 0.717) is 18.0 Å². The molecule has 1 saturated carbocycles. The number of pyridine rings is 1. The molecule has 0 amide bonds. The third-order valence-corrected chi connectivity index (χ3v) is 5.76. The average Bonchev–Trinajstić information content (AvgIpc) is 3.37. The molecule has 0 aliphatic heterocycles. The van der Waals surface area contributed by atoms with Gasteiger partial charge in [0.2, 0.25) is 5.89 Å². The summed E-state index contributed by atoms with van der Waals surface area (Å²) in [6.45, 7) is 0. The van der Waals surface area contributed by atoms with Crippen molar-refractivity contribution in [2.75, 3.05) is 10.6 Å². The third kappa shape index (κ3) is 3.20. The predicted octanol–water partition coefficient (Wildman–Crippen LogP) is 5.34.